The number of nitrogens with one attached hydrogen (secondary N) is 1. The molecule has 1 aliphatic heterocycles. The van der Waals surface area contributed by atoms with Crippen LogP contribution in [0.25, 0.3) is 11.2 Å². The molecule has 1 saturated heterocycles. The van der Waals surface area contributed by atoms with E-state index in [1.54, 1.807) is 30.3 Å². The molecule has 0 unspecified atom stereocenters. The summed E-state index contributed by atoms with van der Waals surface area (Å²) in [5.41, 5.74) is 4.97. The number of esters is 1. The zero-order chi connectivity index (χ0) is 42.8. The van der Waals surface area contributed by atoms with E-state index < -0.39 is 50.4 Å². The molecule has 0 bridgehead atoms. The molecule has 15 heteroatoms. The second-order valence-corrected chi connectivity index (χ2v) is 17.4. The van der Waals surface area contributed by atoms with E-state index in [0.717, 1.165) is 44.1 Å². The Balaban J connectivity index is 1.34. The first kappa shape index (κ1) is 46.7. The quantitative estimate of drug-likeness (QED) is 0.0171. The molecule has 326 valence electrons. The van der Waals surface area contributed by atoms with Gasteiger partial charge >= 0.3 is 19.8 Å². The Bertz CT molecular complexity index is 1980. The molecule has 3 heterocycles. The zero-order valence-corrected chi connectivity index (χ0v) is 35.9. The van der Waals surface area contributed by atoms with Crippen molar-refractivity contribution in [2.75, 3.05) is 18.9 Å². The Morgan fingerprint density at radius 2 is 1.62 bits per heavy atom. The molecule has 0 saturated carbocycles. The average Bonchev–Trinajstić information content (AvgIpc) is 3.82. The van der Waals surface area contributed by atoms with Crippen molar-refractivity contribution >= 4 is 30.7 Å². The summed E-state index contributed by atoms with van der Waals surface area (Å²) >= 11 is 0. The Hall–Kier alpha value is -4.38. The highest BCUT2D eigenvalue weighted by atomic mass is 31.2. The smallest absolute Gasteiger partial charge is 0.459 e. The van der Waals surface area contributed by atoms with Crippen molar-refractivity contribution in [1.29, 1.82) is 0 Å². The van der Waals surface area contributed by atoms with E-state index in [-0.39, 0.29) is 48.1 Å². The zero-order valence-electron chi connectivity index (χ0n) is 35.1. The Morgan fingerprint density at radius 1 is 1.00 bits per heavy atom. The third-order valence-corrected chi connectivity index (χ3v) is 12.5. The minimum Gasteiger partial charge on any atom is -0.464 e. The van der Waals surface area contributed by atoms with E-state index in [1.165, 1.54) is 62.3 Å². The van der Waals surface area contributed by atoms with Crippen molar-refractivity contribution in [2.24, 2.45) is 5.92 Å². The van der Waals surface area contributed by atoms with Crippen molar-refractivity contribution in [3.8, 4) is 18.1 Å². The van der Waals surface area contributed by atoms with Gasteiger partial charge in [0.05, 0.1) is 12.9 Å². The van der Waals surface area contributed by atoms with Gasteiger partial charge in [-0.1, -0.05) is 145 Å². The van der Waals surface area contributed by atoms with Crippen LogP contribution in [0.3, 0.4) is 0 Å². The molecule has 13 nitrogen and oxygen atoms in total. The summed E-state index contributed by atoms with van der Waals surface area (Å²) in [6.07, 6.45) is 20.1. The minimum atomic E-state index is -4.51. The maximum absolute atomic E-state index is 14.9. The van der Waals surface area contributed by atoms with Crippen LogP contribution in [0.1, 0.15) is 122 Å². The number of aliphatic hydroxyl groups is 1. The van der Waals surface area contributed by atoms with Gasteiger partial charge in [-0.25, -0.2) is 9.55 Å². The van der Waals surface area contributed by atoms with Crippen LogP contribution in [0.5, 0.6) is 5.75 Å². The van der Waals surface area contributed by atoms with Gasteiger partial charge in [-0.15, -0.1) is 6.42 Å². The predicted molar refractivity (Wildman–Crippen MR) is 230 cm³/mol. The van der Waals surface area contributed by atoms with Gasteiger partial charge in [0, 0.05) is 6.42 Å². The largest absolute Gasteiger partial charge is 0.464 e. The lowest BCUT2D eigenvalue weighted by molar-refractivity contribution is -0.147. The lowest BCUT2D eigenvalue weighted by atomic mass is 9.94. The summed E-state index contributed by atoms with van der Waals surface area (Å²) in [6, 6.07) is 16.5. The molecule has 2 aromatic heterocycles. The number of hydrogen-bond acceptors (Lipinski definition) is 11. The fraction of sp³-hybridized carbons (Fsp3) is 0.556. The Morgan fingerprint density at radius 3 is 2.25 bits per heavy atom. The third-order valence-electron chi connectivity index (χ3n) is 11.0. The normalized spacial score (nSPS) is 19.3. The van der Waals surface area contributed by atoms with Gasteiger partial charge in [-0.2, -0.15) is 19.4 Å². The summed E-state index contributed by atoms with van der Waals surface area (Å²) in [7, 11) is -4.51. The number of anilines is 1. The number of aliphatic hydroxyl groups excluding tert-OH is 1. The van der Waals surface area contributed by atoms with Crippen molar-refractivity contribution in [2.45, 2.75) is 141 Å². The number of unbranched alkanes of at least 4 members (excludes halogenated alkanes) is 10. The summed E-state index contributed by atoms with van der Waals surface area (Å²) in [4.78, 5) is 25.7. The van der Waals surface area contributed by atoms with Crippen LogP contribution in [0.2, 0.25) is 0 Å². The van der Waals surface area contributed by atoms with Gasteiger partial charge in [-0.05, 0) is 42.9 Å². The second kappa shape index (κ2) is 23.6. The maximum atomic E-state index is 14.9. The van der Waals surface area contributed by atoms with Crippen molar-refractivity contribution < 1.29 is 37.4 Å². The van der Waals surface area contributed by atoms with Crippen LogP contribution in [0.15, 0.2) is 67.0 Å². The number of nitrogens with two attached hydrogens (primary N) is 1. The number of rotatable bonds is 27. The van der Waals surface area contributed by atoms with Crippen LogP contribution in [0, 0.1) is 24.3 Å². The summed E-state index contributed by atoms with van der Waals surface area (Å²) < 4.78 is 54.9. The fourth-order valence-electron chi connectivity index (χ4n) is 7.50. The van der Waals surface area contributed by atoms with Crippen molar-refractivity contribution in [3.05, 3.63) is 78.6 Å². The molecule has 0 radical (unpaired) electrons. The van der Waals surface area contributed by atoms with E-state index in [4.69, 9.17) is 30.7 Å². The molecular weight excluding hydrogens is 787 g/mol. The predicted octanol–water partition coefficient (Wildman–Crippen LogP) is 9.26. The van der Waals surface area contributed by atoms with Crippen LogP contribution in [0.4, 0.5) is 10.2 Å². The molecule has 1 aliphatic rings. The van der Waals surface area contributed by atoms with Gasteiger partial charge in [-0.3, -0.25) is 13.9 Å². The molecule has 2 aromatic carbocycles. The number of carbonyl (C=O) groups is 1. The second-order valence-electron chi connectivity index (χ2n) is 15.7. The number of terminal acetylenes is 1. The molecule has 0 spiro atoms. The number of nitrogens with zero attached hydrogens (tertiary/aromatic N) is 4. The van der Waals surface area contributed by atoms with Gasteiger partial charge < -0.3 is 24.8 Å². The standard InChI is InChI=1S/C45H62FN6O7P/c1-4-7-9-11-13-17-25-35(26-18-14-12-10-8-5-2)31-56-43(54)37(29-34-23-19-15-20-24-34)51-60(55,59-36-27-21-16-22-28-36)57-32-45(6-3)38(53)30-39(58-45)52-33-48-40-41(47)49-44(46)50-42(40)52/h3,15-16,19-24,27-28,33,35,37-39,53H,4-5,7-14,17-18,25-26,29-32H2,1-2H3,(H,51,55)(H2,47,49,50)/t37-,38-,39+,45+,60-/m0/s1. The number of fused-ring (bicyclic) bond motifs is 1. The van der Waals surface area contributed by atoms with Gasteiger partial charge in [0.1, 0.15) is 30.7 Å². The number of ether oxygens (including phenoxy) is 2. The molecule has 1 fully saturated rings. The van der Waals surface area contributed by atoms with Crippen LogP contribution in [-0.2, 0) is 29.8 Å². The summed E-state index contributed by atoms with van der Waals surface area (Å²) in [5.74, 6) is 2.11. The highest BCUT2D eigenvalue weighted by Crippen LogP contribution is 2.48. The number of aromatic nitrogens is 4. The third kappa shape index (κ3) is 13.6. The van der Waals surface area contributed by atoms with Gasteiger partial charge in [0.15, 0.2) is 22.6 Å². The minimum absolute atomic E-state index is 0.0362. The number of hydrogen-bond donors (Lipinski definition) is 3. The first-order valence-electron chi connectivity index (χ1n) is 21.5. The fourth-order valence-corrected chi connectivity index (χ4v) is 9.02. The topological polar surface area (TPSA) is 173 Å². The molecule has 60 heavy (non-hydrogen) atoms. The van der Waals surface area contributed by atoms with E-state index >= 15 is 0 Å². The number of halogens is 1. The number of nitrogen functional groups attached to an aromatic ring is 1. The Labute approximate surface area is 354 Å². The van der Waals surface area contributed by atoms with E-state index in [0.29, 0.717) is 0 Å². The molecule has 4 aromatic rings. The van der Waals surface area contributed by atoms with Crippen LogP contribution in [-0.4, -0.2) is 61.6 Å². The lowest BCUT2D eigenvalue weighted by Gasteiger charge is -2.30. The SMILES string of the molecule is C#C[C@]1(CO[P@@](=O)(N[C@@H](Cc2ccccc2)C(=O)OCC(CCCCCCCC)CCCCCCCC)Oc2ccccc2)O[C@@H](n2cnc3c(N)nc(F)nc32)C[C@@H]1O. The molecule has 0 aliphatic carbocycles. The van der Waals surface area contributed by atoms with Gasteiger partial charge in [0.2, 0.25) is 0 Å². The maximum Gasteiger partial charge on any atom is 0.459 e. The summed E-state index contributed by atoms with van der Waals surface area (Å²) in [6.45, 7) is 4.04. The number of imidazole rings is 1. The lowest BCUT2D eigenvalue weighted by Crippen LogP contribution is -2.44. The molecule has 5 atom stereocenters. The first-order chi connectivity index (χ1) is 29.1. The number of carbonyl (C=O) groups excluding carboxylic acids is 1. The monoisotopic (exact) mass is 848 g/mol. The molecule has 0 amide bonds. The molecule has 4 N–H and O–H groups in total. The Kier molecular flexibility index (Phi) is 18.3. The molecular formula is C45H62FN6O7P. The van der Waals surface area contributed by atoms with E-state index in [9.17, 15) is 18.9 Å². The van der Waals surface area contributed by atoms with E-state index in [2.05, 4.69) is 39.8 Å². The number of benzene rings is 2. The molecule has 5 rings (SSSR count). The van der Waals surface area contributed by atoms with Crippen LogP contribution < -0.4 is 15.3 Å². The highest BCUT2D eigenvalue weighted by molar-refractivity contribution is 7.52. The van der Waals surface area contributed by atoms with Crippen molar-refractivity contribution in [3.63, 3.8) is 0 Å². The average molecular weight is 849 g/mol. The number of para-hydroxylation sites is 1. The van der Waals surface area contributed by atoms with Crippen LogP contribution >= 0.6 is 7.75 Å². The van der Waals surface area contributed by atoms with Crippen molar-refractivity contribution in [1.82, 2.24) is 24.6 Å². The summed E-state index contributed by atoms with van der Waals surface area (Å²) in [5, 5.41) is 14.2. The van der Waals surface area contributed by atoms with Gasteiger partial charge in [0.25, 0.3) is 0 Å². The van der Waals surface area contributed by atoms with E-state index in [1.807, 2.05) is 30.3 Å². The first-order valence-corrected chi connectivity index (χ1v) is 23.1. The highest BCUT2D eigenvalue weighted by Gasteiger charge is 2.50.